The van der Waals surface area contributed by atoms with Gasteiger partial charge in [0.15, 0.2) is 0 Å². The average Bonchev–Trinajstić information content (AvgIpc) is 2.29. The Hall–Kier alpha value is -0.630. The second-order valence-corrected chi connectivity index (χ2v) is 5.66. The fourth-order valence-electron chi connectivity index (χ4n) is 1.02. The molecular formula is C12H21O3P. The molecule has 0 aliphatic carbocycles. The molecule has 0 fully saturated rings. The first-order chi connectivity index (χ1) is 7.40. The SMILES string of the molecule is CCC(C)c1ccccc1.CCP(=O)(O)O. The second-order valence-electron chi connectivity index (χ2n) is 3.70. The van der Waals surface area contributed by atoms with E-state index in [1.165, 1.54) is 18.9 Å². The van der Waals surface area contributed by atoms with Crippen molar-refractivity contribution in [3.8, 4) is 0 Å². The van der Waals surface area contributed by atoms with E-state index in [2.05, 4.69) is 44.2 Å². The van der Waals surface area contributed by atoms with Gasteiger partial charge >= 0.3 is 7.60 Å². The topological polar surface area (TPSA) is 57.5 Å². The van der Waals surface area contributed by atoms with Gasteiger partial charge in [-0.2, -0.15) is 0 Å². The van der Waals surface area contributed by atoms with Gasteiger partial charge in [0, 0.05) is 6.16 Å². The molecular weight excluding hydrogens is 223 g/mol. The highest BCUT2D eigenvalue weighted by Crippen LogP contribution is 2.32. The van der Waals surface area contributed by atoms with Crippen molar-refractivity contribution in [2.45, 2.75) is 33.1 Å². The van der Waals surface area contributed by atoms with E-state index in [-0.39, 0.29) is 6.16 Å². The molecule has 1 rings (SSSR count). The number of benzene rings is 1. The second kappa shape index (κ2) is 7.61. The van der Waals surface area contributed by atoms with Crippen molar-refractivity contribution in [3.05, 3.63) is 35.9 Å². The van der Waals surface area contributed by atoms with Crippen molar-refractivity contribution in [3.63, 3.8) is 0 Å². The first kappa shape index (κ1) is 15.4. The summed E-state index contributed by atoms with van der Waals surface area (Å²) in [4.78, 5) is 15.9. The van der Waals surface area contributed by atoms with E-state index < -0.39 is 7.60 Å². The zero-order valence-corrected chi connectivity index (χ0v) is 11.0. The summed E-state index contributed by atoms with van der Waals surface area (Å²) < 4.78 is 9.69. The van der Waals surface area contributed by atoms with E-state index in [1.54, 1.807) is 0 Å². The maximum Gasteiger partial charge on any atom is 0.325 e. The van der Waals surface area contributed by atoms with E-state index in [9.17, 15) is 4.57 Å². The quantitative estimate of drug-likeness (QED) is 0.801. The van der Waals surface area contributed by atoms with Crippen LogP contribution in [-0.2, 0) is 4.57 Å². The maximum atomic E-state index is 9.69. The van der Waals surface area contributed by atoms with Gasteiger partial charge in [0.05, 0.1) is 0 Å². The molecule has 1 aromatic carbocycles. The van der Waals surface area contributed by atoms with Crippen LogP contribution in [0.4, 0.5) is 0 Å². The van der Waals surface area contributed by atoms with Gasteiger partial charge in [-0.25, -0.2) is 0 Å². The Kier molecular flexibility index (Phi) is 7.31. The van der Waals surface area contributed by atoms with Crippen LogP contribution in [0, 0.1) is 0 Å². The molecule has 2 N–H and O–H groups in total. The third-order valence-electron chi connectivity index (χ3n) is 2.39. The van der Waals surface area contributed by atoms with Gasteiger partial charge in [-0.1, -0.05) is 51.1 Å². The minimum Gasteiger partial charge on any atom is -0.324 e. The number of hydrogen-bond acceptors (Lipinski definition) is 1. The molecule has 0 saturated heterocycles. The minimum absolute atomic E-state index is 0.0625. The van der Waals surface area contributed by atoms with Crippen molar-refractivity contribution in [2.24, 2.45) is 0 Å². The summed E-state index contributed by atoms with van der Waals surface area (Å²) in [6, 6.07) is 10.6. The first-order valence-electron chi connectivity index (χ1n) is 5.50. The zero-order valence-electron chi connectivity index (χ0n) is 10.1. The van der Waals surface area contributed by atoms with Crippen LogP contribution >= 0.6 is 7.60 Å². The molecule has 0 saturated carbocycles. The normalized spacial score (nSPS) is 12.6. The Bertz CT molecular complexity index is 318. The average molecular weight is 244 g/mol. The molecule has 0 bridgehead atoms. The highest BCUT2D eigenvalue weighted by atomic mass is 31.2. The van der Waals surface area contributed by atoms with Crippen LogP contribution < -0.4 is 0 Å². The van der Waals surface area contributed by atoms with Crippen LogP contribution in [-0.4, -0.2) is 15.9 Å². The molecule has 16 heavy (non-hydrogen) atoms. The summed E-state index contributed by atoms with van der Waals surface area (Å²) in [5, 5.41) is 0. The molecule has 0 aromatic heterocycles. The van der Waals surface area contributed by atoms with Crippen LogP contribution in [0.25, 0.3) is 0 Å². The van der Waals surface area contributed by atoms with Crippen LogP contribution in [0.3, 0.4) is 0 Å². The van der Waals surface area contributed by atoms with Crippen molar-refractivity contribution in [1.82, 2.24) is 0 Å². The fourth-order valence-corrected chi connectivity index (χ4v) is 1.02. The van der Waals surface area contributed by atoms with Crippen LogP contribution in [0.15, 0.2) is 30.3 Å². The third kappa shape index (κ3) is 7.63. The van der Waals surface area contributed by atoms with Gasteiger partial charge in [0.2, 0.25) is 0 Å². The molecule has 92 valence electrons. The predicted molar refractivity (Wildman–Crippen MR) is 67.7 cm³/mol. The molecule has 0 heterocycles. The minimum atomic E-state index is -3.65. The Labute approximate surface area is 97.7 Å². The maximum absolute atomic E-state index is 9.69. The van der Waals surface area contributed by atoms with Gasteiger partial charge in [-0.15, -0.1) is 0 Å². The molecule has 0 radical (unpaired) electrons. The van der Waals surface area contributed by atoms with Crippen LogP contribution in [0.1, 0.15) is 38.7 Å². The molecule has 0 amide bonds. The first-order valence-corrected chi connectivity index (χ1v) is 7.30. The van der Waals surface area contributed by atoms with Crippen molar-refractivity contribution < 1.29 is 14.4 Å². The lowest BCUT2D eigenvalue weighted by molar-refractivity contribution is 0.375. The van der Waals surface area contributed by atoms with Crippen LogP contribution in [0.2, 0.25) is 0 Å². The molecule has 0 aliphatic rings. The molecule has 4 heteroatoms. The van der Waals surface area contributed by atoms with Crippen molar-refractivity contribution in [1.29, 1.82) is 0 Å². The zero-order chi connectivity index (χ0) is 12.6. The molecule has 3 nitrogen and oxygen atoms in total. The highest BCUT2D eigenvalue weighted by Gasteiger charge is 2.05. The van der Waals surface area contributed by atoms with E-state index in [0.717, 1.165) is 0 Å². The Morgan fingerprint density at radius 1 is 1.19 bits per heavy atom. The van der Waals surface area contributed by atoms with E-state index in [1.807, 2.05) is 0 Å². The van der Waals surface area contributed by atoms with Crippen molar-refractivity contribution in [2.75, 3.05) is 6.16 Å². The largest absolute Gasteiger partial charge is 0.325 e. The Balaban J connectivity index is 0.000000325. The molecule has 0 aliphatic heterocycles. The summed E-state index contributed by atoms with van der Waals surface area (Å²) in [5.74, 6) is 0.709. The summed E-state index contributed by atoms with van der Waals surface area (Å²) in [6.07, 6.45) is 1.16. The summed E-state index contributed by atoms with van der Waals surface area (Å²) in [6.45, 7) is 5.92. The van der Waals surface area contributed by atoms with Gasteiger partial charge in [0.1, 0.15) is 0 Å². The monoisotopic (exact) mass is 244 g/mol. The molecule has 1 atom stereocenters. The van der Waals surface area contributed by atoms with E-state index in [0.29, 0.717) is 5.92 Å². The summed E-state index contributed by atoms with van der Waals surface area (Å²) >= 11 is 0. The van der Waals surface area contributed by atoms with Gasteiger partial charge in [0.25, 0.3) is 0 Å². The van der Waals surface area contributed by atoms with E-state index in [4.69, 9.17) is 9.79 Å². The fraction of sp³-hybridized carbons (Fsp3) is 0.500. The third-order valence-corrected chi connectivity index (χ3v) is 3.22. The van der Waals surface area contributed by atoms with Gasteiger partial charge < -0.3 is 9.79 Å². The smallest absolute Gasteiger partial charge is 0.324 e. The highest BCUT2D eigenvalue weighted by molar-refractivity contribution is 7.51. The lowest BCUT2D eigenvalue weighted by Crippen LogP contribution is -1.88. The van der Waals surface area contributed by atoms with Crippen molar-refractivity contribution >= 4 is 7.60 Å². The Morgan fingerprint density at radius 2 is 1.62 bits per heavy atom. The lowest BCUT2D eigenvalue weighted by atomic mass is 9.99. The predicted octanol–water partition coefficient (Wildman–Crippen LogP) is 3.38. The summed E-state index contributed by atoms with van der Waals surface area (Å²) in [7, 11) is -3.65. The molecule has 1 aromatic rings. The van der Waals surface area contributed by atoms with E-state index >= 15 is 0 Å². The number of hydrogen-bond donors (Lipinski definition) is 2. The lowest BCUT2D eigenvalue weighted by Gasteiger charge is -2.06. The molecule has 0 spiro atoms. The number of rotatable bonds is 3. The standard InChI is InChI=1S/C10H14.C2H7O3P/c1-3-9(2)10-7-5-4-6-8-10;1-2-6(3,4)5/h4-9H,3H2,1-2H3;2H2,1H3,(H2,3,4,5). The van der Waals surface area contributed by atoms with Gasteiger partial charge in [-0.05, 0) is 17.9 Å². The molecule has 1 unspecified atom stereocenters. The van der Waals surface area contributed by atoms with Gasteiger partial charge in [-0.3, -0.25) is 4.57 Å². The summed E-state index contributed by atoms with van der Waals surface area (Å²) in [5.41, 5.74) is 1.45. The Morgan fingerprint density at radius 3 is 1.94 bits per heavy atom. The van der Waals surface area contributed by atoms with Crippen LogP contribution in [0.5, 0.6) is 0 Å².